The van der Waals surface area contributed by atoms with Crippen LogP contribution < -0.4 is 0 Å². The Morgan fingerprint density at radius 3 is 0.971 bits per heavy atom. The standard InChI is InChI=1S/C23H43As2N.C3H9P.Mo.2N2/c1-20(2,3)24(21(4,5)6)16-18-14-13-15-19(26-18)17-25(22(7,8)9)23(10,11)12;1-4(2)3;;2*1-2/h13-15H,16-17H2,1-12H3;1-3H3;;;/p+1. The third-order valence-corrected chi connectivity index (χ3v) is 21.0. The maximum absolute atomic E-state index is 6.00. The van der Waals surface area contributed by atoms with Gasteiger partial charge in [-0.3, -0.25) is 0 Å². The molecule has 0 aromatic carbocycles. The molecule has 5 nitrogen and oxygen atoms in total. The van der Waals surface area contributed by atoms with E-state index in [-0.39, 0.29) is 29.0 Å². The fourth-order valence-electron chi connectivity index (χ4n) is 3.99. The van der Waals surface area contributed by atoms with Crippen molar-refractivity contribution in [2.75, 3.05) is 20.0 Å². The Balaban J connectivity index is -0.000000472. The van der Waals surface area contributed by atoms with Crippen LogP contribution in [-0.2, 0) is 31.5 Å². The van der Waals surface area contributed by atoms with Crippen molar-refractivity contribution in [2.24, 2.45) is 0 Å². The number of rotatable bonds is 4. The first kappa shape index (κ1) is 42.3. The predicted molar refractivity (Wildman–Crippen MR) is 155 cm³/mol. The van der Waals surface area contributed by atoms with Crippen molar-refractivity contribution in [3.63, 3.8) is 0 Å². The molecule has 0 radical (unpaired) electrons. The van der Waals surface area contributed by atoms with Crippen LogP contribution in [0.3, 0.4) is 0 Å². The van der Waals surface area contributed by atoms with Gasteiger partial charge in [0.15, 0.2) is 0 Å². The Kier molecular flexibility index (Phi) is 22.3. The van der Waals surface area contributed by atoms with Gasteiger partial charge >= 0.3 is 174 Å². The van der Waals surface area contributed by atoms with E-state index in [1.54, 1.807) is 0 Å². The molecule has 1 heterocycles. The maximum atomic E-state index is 6.00. The molecule has 202 valence electrons. The molecule has 0 saturated heterocycles. The van der Waals surface area contributed by atoms with Gasteiger partial charge in [0, 0.05) is 62.6 Å². The monoisotopic (exact) mass is 714 g/mol. The number of nitrogens with zero attached hydrogens (tertiary/aromatic N) is 5. The van der Waals surface area contributed by atoms with E-state index in [9.17, 15) is 0 Å². The van der Waals surface area contributed by atoms with Gasteiger partial charge in [-0.2, -0.15) is 0 Å². The van der Waals surface area contributed by atoms with E-state index in [2.05, 4.69) is 121 Å². The van der Waals surface area contributed by atoms with Gasteiger partial charge in [0.05, 0.1) is 0 Å². The molecule has 0 spiro atoms. The van der Waals surface area contributed by atoms with Crippen molar-refractivity contribution in [3.8, 4) is 0 Å². The van der Waals surface area contributed by atoms with E-state index in [1.165, 1.54) is 21.8 Å². The molecule has 0 aliphatic carbocycles. The van der Waals surface area contributed by atoms with Crippen molar-refractivity contribution in [3.05, 3.63) is 29.6 Å². The van der Waals surface area contributed by atoms with Gasteiger partial charge in [-0.05, 0) is 7.92 Å². The summed E-state index contributed by atoms with van der Waals surface area (Å²) in [6.07, 6.45) is 0. The second kappa shape index (κ2) is 18.5. The molecule has 9 heteroatoms. The summed E-state index contributed by atoms with van der Waals surface area (Å²) in [6.45, 7) is 36.0. The Labute approximate surface area is 243 Å². The van der Waals surface area contributed by atoms with E-state index in [0.29, 0.717) is 16.8 Å². The van der Waals surface area contributed by atoms with E-state index < -0.39 is 29.3 Å². The fourth-order valence-corrected chi connectivity index (χ4v) is 18.5. The first-order valence-electron chi connectivity index (χ1n) is 11.8. The molecule has 0 N–H and O–H groups in total. The molecule has 1 aromatic heterocycles. The zero-order valence-corrected chi connectivity index (χ0v) is 31.9. The predicted octanol–water partition coefficient (Wildman–Crippen LogP) is 8.58. The molecule has 1 rings (SSSR count). The van der Waals surface area contributed by atoms with Crippen LogP contribution in [0, 0.1) is 21.6 Å². The molecule has 0 unspecified atom stereocenters. The molecule has 0 aliphatic heterocycles. The van der Waals surface area contributed by atoms with Crippen LogP contribution in [0.15, 0.2) is 18.2 Å². The van der Waals surface area contributed by atoms with Gasteiger partial charge in [0.25, 0.3) is 0 Å². The van der Waals surface area contributed by atoms with Crippen LogP contribution in [0.4, 0.5) is 0 Å². The number of pyridine rings is 1. The Bertz CT molecular complexity index is 641. The van der Waals surface area contributed by atoms with Gasteiger partial charge in [0.2, 0.25) is 0 Å². The van der Waals surface area contributed by atoms with Crippen molar-refractivity contribution in [1.82, 2.24) is 4.98 Å². The molecule has 0 aliphatic rings. The summed E-state index contributed by atoms with van der Waals surface area (Å²) in [5.74, 6) is 0. The second-order valence-electron chi connectivity index (χ2n) is 13.0. The van der Waals surface area contributed by atoms with Gasteiger partial charge in [-0.1, -0.05) is 0 Å². The molecule has 1 aromatic rings. The summed E-state index contributed by atoms with van der Waals surface area (Å²) in [4.78, 5) is 5.18. The number of aromatic nitrogens is 1. The number of hydrogen-bond acceptors (Lipinski definition) is 5. The normalized spacial score (nSPS) is 11.8. The molecule has 0 atom stereocenters. The largest absolute Gasteiger partial charge is 0.0461 e. The van der Waals surface area contributed by atoms with Crippen molar-refractivity contribution >= 4 is 37.2 Å². The summed E-state index contributed by atoms with van der Waals surface area (Å²) in [6, 6.07) is 6.80. The van der Waals surface area contributed by atoms with Gasteiger partial charge in [-0.15, -0.1) is 0 Å². The number of hydrogen-bond donors (Lipinski definition) is 0. The molecular weight excluding hydrogens is 659 g/mol. The summed E-state index contributed by atoms with van der Waals surface area (Å²) in [5.41, 5.74) is 2.67. The van der Waals surface area contributed by atoms with E-state index in [4.69, 9.17) is 26.6 Å². The van der Waals surface area contributed by atoms with Crippen LogP contribution in [-0.4, -0.2) is 54.3 Å². The minimum atomic E-state index is -1.09. The molecular formula is C26H53As2MoN5P+. The van der Waals surface area contributed by atoms with E-state index in [1.807, 2.05) is 0 Å². The van der Waals surface area contributed by atoms with Crippen LogP contribution in [0.5, 0.6) is 0 Å². The Morgan fingerprint density at radius 2 is 0.800 bits per heavy atom. The maximum Gasteiger partial charge on any atom is 0.0461 e. The molecule has 0 saturated carbocycles. The molecule has 35 heavy (non-hydrogen) atoms. The van der Waals surface area contributed by atoms with Crippen LogP contribution in [0.1, 0.15) is 94.5 Å². The van der Waals surface area contributed by atoms with Crippen LogP contribution >= 0.6 is 7.92 Å². The molecule has 0 bridgehead atoms. The SMILES string of the molecule is CC(C)(C)[As](Cc1cccc(C[As](C(C)(C)C)C(C)(C)C)n1)C(C)(C)C.C[PH+](C)C.N#N.N#N.[Mo]. The summed E-state index contributed by atoms with van der Waals surface area (Å²) in [5, 5.41) is 26.4. The summed E-state index contributed by atoms with van der Waals surface area (Å²) in [7, 11) is 0.120. The summed E-state index contributed by atoms with van der Waals surface area (Å²) >= 11 is -2.18. The topological polar surface area (TPSA) is 108 Å². The van der Waals surface area contributed by atoms with E-state index >= 15 is 0 Å². The first-order valence-corrected chi connectivity index (χ1v) is 21.2. The quantitative estimate of drug-likeness (QED) is 0.177. The second-order valence-corrected chi connectivity index (χ2v) is 32.2. The van der Waals surface area contributed by atoms with Crippen LogP contribution in [0.2, 0.25) is 16.8 Å². The first-order chi connectivity index (χ1) is 15.2. The van der Waals surface area contributed by atoms with Gasteiger partial charge in [-0.25, -0.2) is 0 Å². The third kappa shape index (κ3) is 19.9. The van der Waals surface area contributed by atoms with Crippen molar-refractivity contribution < 1.29 is 21.1 Å². The minimum Gasteiger partial charge on any atom is -0.00840 e. The smallest absolute Gasteiger partial charge is 0.00840 e. The van der Waals surface area contributed by atoms with Crippen LogP contribution in [0.25, 0.3) is 0 Å². The molecule has 0 amide bonds. The zero-order valence-electron chi connectivity index (χ0n) is 25.2. The van der Waals surface area contributed by atoms with E-state index in [0.717, 1.165) is 0 Å². The average Bonchev–Trinajstić information content (AvgIpc) is 2.64. The van der Waals surface area contributed by atoms with Gasteiger partial charge in [0.1, 0.15) is 0 Å². The fraction of sp³-hybridized carbons (Fsp3) is 0.808. The molecule has 0 fully saturated rings. The average molecular weight is 713 g/mol. The summed E-state index contributed by atoms with van der Waals surface area (Å²) < 4.78 is 1.71. The zero-order chi connectivity index (χ0) is 28.1. The van der Waals surface area contributed by atoms with Gasteiger partial charge < -0.3 is 0 Å². The third-order valence-electron chi connectivity index (χ3n) is 4.74. The Hall–Kier alpha value is 0.225. The Morgan fingerprint density at radius 1 is 0.600 bits per heavy atom. The van der Waals surface area contributed by atoms with Crippen molar-refractivity contribution in [2.45, 2.75) is 110 Å². The minimum absolute atomic E-state index is 0. The van der Waals surface area contributed by atoms with Crippen molar-refractivity contribution in [1.29, 1.82) is 21.6 Å².